The van der Waals surface area contributed by atoms with E-state index in [9.17, 15) is 4.79 Å². The first-order valence-corrected chi connectivity index (χ1v) is 4.42. The minimum absolute atomic E-state index is 0.0182. The molecule has 1 aromatic rings. The van der Waals surface area contributed by atoms with Gasteiger partial charge in [0.05, 0.1) is 0 Å². The number of hydrogen-bond donors (Lipinski definition) is 0. The molecule has 1 aromatic carbocycles. The van der Waals surface area contributed by atoms with Crippen LogP contribution in [0.4, 0.5) is 0 Å². The smallest absolute Gasteiger partial charge is 0.185 e. The highest BCUT2D eigenvalue weighted by Crippen LogP contribution is 2.14. The molecular weight excluding hydrogens is 160 g/mol. The van der Waals surface area contributed by atoms with Crippen molar-refractivity contribution in [2.45, 2.75) is 19.8 Å². The van der Waals surface area contributed by atoms with Gasteiger partial charge in [-0.2, -0.15) is 0 Å². The minimum atomic E-state index is -0.0182. The Morgan fingerprint density at radius 3 is 2.23 bits per heavy atom. The molecule has 68 valence electrons. The highest BCUT2D eigenvalue weighted by atomic mass is 16.1. The molecular formula is C12H14O. The van der Waals surface area contributed by atoms with Gasteiger partial charge in [-0.3, -0.25) is 4.79 Å². The third kappa shape index (κ3) is 2.28. The molecule has 1 rings (SSSR count). The zero-order valence-electron chi connectivity index (χ0n) is 8.08. The predicted molar refractivity (Wildman–Crippen MR) is 55.1 cm³/mol. The summed E-state index contributed by atoms with van der Waals surface area (Å²) >= 11 is 0. The summed E-state index contributed by atoms with van der Waals surface area (Å²) in [7, 11) is 0. The fraction of sp³-hybridized carbons (Fsp3) is 0.250. The lowest BCUT2D eigenvalue weighted by Crippen LogP contribution is -1.94. The zero-order valence-corrected chi connectivity index (χ0v) is 8.08. The molecule has 13 heavy (non-hydrogen) atoms. The van der Waals surface area contributed by atoms with E-state index in [1.54, 1.807) is 0 Å². The molecule has 0 amide bonds. The normalized spacial score (nSPS) is 10.1. The number of hydrogen-bond acceptors (Lipinski definition) is 1. The molecule has 0 aliphatic heterocycles. The second-order valence-corrected chi connectivity index (χ2v) is 3.35. The first-order chi connectivity index (χ1) is 6.15. The maximum Gasteiger partial charge on any atom is 0.185 e. The van der Waals surface area contributed by atoms with Gasteiger partial charge in [-0.1, -0.05) is 44.7 Å². The van der Waals surface area contributed by atoms with Crippen molar-refractivity contribution in [3.8, 4) is 0 Å². The molecule has 1 nitrogen and oxygen atoms in total. The maximum absolute atomic E-state index is 11.2. The summed E-state index contributed by atoms with van der Waals surface area (Å²) < 4.78 is 0. The van der Waals surface area contributed by atoms with Gasteiger partial charge < -0.3 is 0 Å². The van der Waals surface area contributed by atoms with Crippen LogP contribution in [0.25, 0.3) is 0 Å². The van der Waals surface area contributed by atoms with E-state index in [0.717, 1.165) is 0 Å². The third-order valence-corrected chi connectivity index (χ3v) is 2.05. The average molecular weight is 174 g/mol. The Kier molecular flexibility index (Phi) is 3.02. The maximum atomic E-state index is 11.2. The van der Waals surface area contributed by atoms with Gasteiger partial charge >= 0.3 is 0 Å². The summed E-state index contributed by atoms with van der Waals surface area (Å²) in [5.74, 6) is 0.489. The van der Waals surface area contributed by atoms with Crippen molar-refractivity contribution in [2.75, 3.05) is 0 Å². The molecule has 0 bridgehead atoms. The highest BCUT2D eigenvalue weighted by Gasteiger charge is 2.02. The molecule has 0 saturated carbocycles. The Balaban J connectivity index is 2.93. The van der Waals surface area contributed by atoms with Crippen molar-refractivity contribution in [1.82, 2.24) is 0 Å². The molecule has 0 aliphatic rings. The number of benzene rings is 1. The molecule has 0 heterocycles. The number of carbonyl (C=O) groups excluding carboxylic acids is 1. The van der Waals surface area contributed by atoms with Crippen molar-refractivity contribution in [3.05, 3.63) is 48.0 Å². The van der Waals surface area contributed by atoms with Gasteiger partial charge in [-0.25, -0.2) is 0 Å². The van der Waals surface area contributed by atoms with Crippen LogP contribution in [0.1, 0.15) is 35.7 Å². The lowest BCUT2D eigenvalue weighted by Gasteiger charge is -2.04. The number of rotatable bonds is 3. The Morgan fingerprint density at radius 2 is 1.85 bits per heavy atom. The van der Waals surface area contributed by atoms with Gasteiger partial charge in [0.2, 0.25) is 0 Å². The van der Waals surface area contributed by atoms with E-state index in [0.29, 0.717) is 11.5 Å². The summed E-state index contributed by atoms with van der Waals surface area (Å²) in [5, 5.41) is 0. The van der Waals surface area contributed by atoms with Crippen molar-refractivity contribution >= 4 is 5.78 Å². The summed E-state index contributed by atoms with van der Waals surface area (Å²) in [6.07, 6.45) is 1.34. The van der Waals surface area contributed by atoms with Crippen LogP contribution < -0.4 is 0 Å². The van der Waals surface area contributed by atoms with Crippen LogP contribution in [-0.4, -0.2) is 5.78 Å². The molecule has 0 spiro atoms. The quantitative estimate of drug-likeness (QED) is 0.508. The second kappa shape index (κ2) is 4.04. The minimum Gasteiger partial charge on any atom is -0.289 e. The van der Waals surface area contributed by atoms with E-state index in [1.807, 2.05) is 24.3 Å². The van der Waals surface area contributed by atoms with Gasteiger partial charge in [0.25, 0.3) is 0 Å². The van der Waals surface area contributed by atoms with E-state index in [1.165, 1.54) is 11.6 Å². The van der Waals surface area contributed by atoms with Crippen molar-refractivity contribution in [2.24, 2.45) is 0 Å². The molecule has 1 heteroatoms. The van der Waals surface area contributed by atoms with Gasteiger partial charge in [-0.05, 0) is 17.6 Å². The molecule has 0 N–H and O–H groups in total. The monoisotopic (exact) mass is 174 g/mol. The molecule has 0 aliphatic carbocycles. The molecule has 0 aromatic heterocycles. The average Bonchev–Trinajstić information content (AvgIpc) is 2.17. The molecule has 0 saturated heterocycles. The van der Waals surface area contributed by atoms with E-state index < -0.39 is 0 Å². The Hall–Kier alpha value is -1.37. The molecule has 0 radical (unpaired) electrons. The molecule has 0 atom stereocenters. The van der Waals surface area contributed by atoms with E-state index in [-0.39, 0.29) is 5.78 Å². The van der Waals surface area contributed by atoms with Gasteiger partial charge in [0.15, 0.2) is 5.78 Å². The summed E-state index contributed by atoms with van der Waals surface area (Å²) in [6, 6.07) is 7.67. The van der Waals surface area contributed by atoms with E-state index in [4.69, 9.17) is 0 Å². The zero-order chi connectivity index (χ0) is 9.84. The van der Waals surface area contributed by atoms with Crippen molar-refractivity contribution in [3.63, 3.8) is 0 Å². The van der Waals surface area contributed by atoms with Gasteiger partial charge in [0, 0.05) is 5.56 Å². The summed E-state index contributed by atoms with van der Waals surface area (Å²) in [6.45, 7) is 7.70. The van der Waals surface area contributed by atoms with Crippen LogP contribution in [0.5, 0.6) is 0 Å². The summed E-state index contributed by atoms with van der Waals surface area (Å²) in [4.78, 5) is 11.2. The molecule has 0 unspecified atom stereocenters. The Bertz CT molecular complexity index is 306. The third-order valence-electron chi connectivity index (χ3n) is 2.05. The lowest BCUT2D eigenvalue weighted by molar-refractivity contribution is 0.104. The SMILES string of the molecule is C=CC(=O)c1ccc(C(C)C)cc1. The fourth-order valence-electron chi connectivity index (χ4n) is 1.15. The van der Waals surface area contributed by atoms with Crippen LogP contribution in [0.15, 0.2) is 36.9 Å². The van der Waals surface area contributed by atoms with Crippen LogP contribution in [-0.2, 0) is 0 Å². The van der Waals surface area contributed by atoms with Crippen LogP contribution >= 0.6 is 0 Å². The van der Waals surface area contributed by atoms with Crippen molar-refractivity contribution in [1.29, 1.82) is 0 Å². The number of ketones is 1. The summed E-state index contributed by atoms with van der Waals surface area (Å²) in [5.41, 5.74) is 1.96. The lowest BCUT2D eigenvalue weighted by atomic mass is 10.0. The van der Waals surface area contributed by atoms with Crippen molar-refractivity contribution < 1.29 is 4.79 Å². The Morgan fingerprint density at radius 1 is 1.31 bits per heavy atom. The van der Waals surface area contributed by atoms with E-state index >= 15 is 0 Å². The van der Waals surface area contributed by atoms with Crippen LogP contribution in [0.3, 0.4) is 0 Å². The Labute approximate surface area is 79.1 Å². The second-order valence-electron chi connectivity index (χ2n) is 3.35. The fourth-order valence-corrected chi connectivity index (χ4v) is 1.15. The number of allylic oxidation sites excluding steroid dienone is 1. The van der Waals surface area contributed by atoms with Gasteiger partial charge in [0.1, 0.15) is 0 Å². The van der Waals surface area contributed by atoms with Crippen LogP contribution in [0.2, 0.25) is 0 Å². The van der Waals surface area contributed by atoms with Gasteiger partial charge in [-0.15, -0.1) is 0 Å². The standard InChI is InChI=1S/C12H14O/c1-4-12(13)11-7-5-10(6-8-11)9(2)3/h4-9H,1H2,2-3H3. The van der Waals surface area contributed by atoms with E-state index in [2.05, 4.69) is 20.4 Å². The first kappa shape index (κ1) is 9.72. The predicted octanol–water partition coefficient (Wildman–Crippen LogP) is 3.18. The van der Waals surface area contributed by atoms with Crippen LogP contribution in [0, 0.1) is 0 Å². The first-order valence-electron chi connectivity index (χ1n) is 4.42. The highest BCUT2D eigenvalue weighted by molar-refractivity contribution is 6.04. The number of carbonyl (C=O) groups is 1. The topological polar surface area (TPSA) is 17.1 Å². The largest absolute Gasteiger partial charge is 0.289 e. The molecule has 0 fully saturated rings.